The van der Waals surface area contributed by atoms with Crippen molar-refractivity contribution < 1.29 is 23.8 Å². The largest absolute Gasteiger partial charge is 0.469 e. The fraction of sp³-hybridized carbons (Fsp3) is 0.864. The molecule has 0 aromatic carbocycles. The van der Waals surface area contributed by atoms with E-state index in [4.69, 9.17) is 4.74 Å². The van der Waals surface area contributed by atoms with Gasteiger partial charge in [-0.2, -0.15) is 0 Å². The van der Waals surface area contributed by atoms with Crippen molar-refractivity contribution in [3.8, 4) is 0 Å². The Balaban J connectivity index is 1.82. The normalized spacial score (nSPS) is 34.1. The molecular formula is C22H37FO4. The Morgan fingerprint density at radius 1 is 1.33 bits per heavy atom. The quantitative estimate of drug-likeness (QED) is 0.321. The smallest absolute Gasteiger partial charge is 0.305 e. The highest BCUT2D eigenvalue weighted by Gasteiger charge is 2.53. The number of hydrogen-bond donors (Lipinski definition) is 1. The highest BCUT2D eigenvalue weighted by atomic mass is 19.1. The van der Waals surface area contributed by atoms with Crippen LogP contribution in [0.3, 0.4) is 0 Å². The van der Waals surface area contributed by atoms with E-state index in [-0.39, 0.29) is 30.0 Å². The SMILES string of the molecule is CCCCC[C@H](O)/C=C/[C@@H]1[C@H]2C(F)C(CCCCC(=O)OC)O[C@@H]2C[C@H]1C. The van der Waals surface area contributed by atoms with E-state index < -0.39 is 12.3 Å². The van der Waals surface area contributed by atoms with Crippen molar-refractivity contribution in [2.75, 3.05) is 7.11 Å². The summed E-state index contributed by atoms with van der Waals surface area (Å²) in [5.74, 6) is 0.181. The molecule has 1 aliphatic carbocycles. The fourth-order valence-corrected chi connectivity index (χ4v) is 4.64. The molecule has 0 aromatic heterocycles. The number of alkyl halides is 1. The summed E-state index contributed by atoms with van der Waals surface area (Å²) >= 11 is 0. The minimum Gasteiger partial charge on any atom is -0.469 e. The Morgan fingerprint density at radius 2 is 2.11 bits per heavy atom. The van der Waals surface area contributed by atoms with Gasteiger partial charge in [-0.05, 0) is 37.5 Å². The van der Waals surface area contributed by atoms with Gasteiger partial charge in [0, 0.05) is 12.3 Å². The molecule has 0 amide bonds. The Kier molecular flexibility index (Phi) is 9.24. The van der Waals surface area contributed by atoms with Crippen molar-refractivity contribution in [2.24, 2.45) is 17.8 Å². The molecule has 27 heavy (non-hydrogen) atoms. The topological polar surface area (TPSA) is 55.8 Å². The van der Waals surface area contributed by atoms with Gasteiger partial charge < -0.3 is 14.6 Å². The molecule has 2 unspecified atom stereocenters. The number of methoxy groups -OCH3 is 1. The molecule has 0 bridgehead atoms. The van der Waals surface area contributed by atoms with Crippen LogP contribution in [0, 0.1) is 17.8 Å². The summed E-state index contributed by atoms with van der Waals surface area (Å²) in [6.45, 7) is 4.30. The Labute approximate surface area is 163 Å². The molecular weight excluding hydrogens is 347 g/mol. The lowest BCUT2D eigenvalue weighted by Crippen LogP contribution is -2.27. The van der Waals surface area contributed by atoms with Gasteiger partial charge in [-0.3, -0.25) is 4.79 Å². The van der Waals surface area contributed by atoms with Crippen LogP contribution in [0.25, 0.3) is 0 Å². The van der Waals surface area contributed by atoms with Gasteiger partial charge in [-0.15, -0.1) is 0 Å². The first-order valence-electron chi connectivity index (χ1n) is 10.7. The lowest BCUT2D eigenvalue weighted by molar-refractivity contribution is -0.140. The van der Waals surface area contributed by atoms with Gasteiger partial charge in [0.15, 0.2) is 0 Å². The van der Waals surface area contributed by atoms with E-state index in [1.165, 1.54) is 7.11 Å². The number of hydrogen-bond acceptors (Lipinski definition) is 4. The van der Waals surface area contributed by atoms with Crippen molar-refractivity contribution in [2.45, 2.75) is 96.1 Å². The second-order valence-electron chi connectivity index (χ2n) is 8.30. The lowest BCUT2D eigenvalue weighted by Gasteiger charge is -2.22. The highest BCUT2D eigenvalue weighted by Crippen LogP contribution is 2.49. The predicted octanol–water partition coefficient (Wildman–Crippen LogP) is 4.59. The van der Waals surface area contributed by atoms with Crippen LogP contribution in [0.4, 0.5) is 4.39 Å². The number of ether oxygens (including phenoxy) is 2. The molecule has 1 saturated heterocycles. The van der Waals surface area contributed by atoms with Crippen molar-refractivity contribution in [1.29, 1.82) is 0 Å². The molecule has 1 heterocycles. The number of allylic oxidation sites excluding steroid dienone is 1. The maximum atomic E-state index is 15.1. The molecule has 0 radical (unpaired) electrons. The van der Waals surface area contributed by atoms with E-state index >= 15 is 4.39 Å². The van der Waals surface area contributed by atoms with Crippen LogP contribution < -0.4 is 0 Å². The fourth-order valence-electron chi connectivity index (χ4n) is 4.64. The van der Waals surface area contributed by atoms with E-state index in [1.807, 2.05) is 12.2 Å². The third-order valence-corrected chi connectivity index (χ3v) is 6.21. The lowest BCUT2D eigenvalue weighted by atomic mass is 9.85. The minimum absolute atomic E-state index is 0.0208. The molecule has 156 valence electrons. The molecule has 5 heteroatoms. The van der Waals surface area contributed by atoms with Crippen LogP contribution in [-0.2, 0) is 14.3 Å². The summed E-state index contributed by atoms with van der Waals surface area (Å²) in [5, 5.41) is 10.1. The second-order valence-corrected chi connectivity index (χ2v) is 8.30. The number of carbonyl (C=O) groups excluding carboxylic acids is 1. The van der Waals surface area contributed by atoms with Crippen molar-refractivity contribution in [3.05, 3.63) is 12.2 Å². The number of halogens is 1. The zero-order chi connectivity index (χ0) is 19.8. The van der Waals surface area contributed by atoms with Crippen LogP contribution in [0.2, 0.25) is 0 Å². The summed E-state index contributed by atoms with van der Waals surface area (Å²) in [5.41, 5.74) is 0. The van der Waals surface area contributed by atoms with Crippen LogP contribution >= 0.6 is 0 Å². The van der Waals surface area contributed by atoms with Gasteiger partial charge in [0.1, 0.15) is 6.17 Å². The van der Waals surface area contributed by atoms with Crippen LogP contribution in [0.1, 0.15) is 71.6 Å². The molecule has 7 atom stereocenters. The number of carbonyl (C=O) groups is 1. The number of aliphatic hydroxyl groups is 1. The van der Waals surface area contributed by atoms with E-state index in [0.29, 0.717) is 25.2 Å². The molecule has 1 N–H and O–H groups in total. The zero-order valence-corrected chi connectivity index (χ0v) is 17.1. The van der Waals surface area contributed by atoms with Crippen LogP contribution in [0.15, 0.2) is 12.2 Å². The van der Waals surface area contributed by atoms with E-state index in [9.17, 15) is 9.90 Å². The van der Waals surface area contributed by atoms with Gasteiger partial charge in [0.25, 0.3) is 0 Å². The van der Waals surface area contributed by atoms with Gasteiger partial charge in [0.2, 0.25) is 0 Å². The molecule has 2 aliphatic rings. The molecule has 1 aliphatic heterocycles. The van der Waals surface area contributed by atoms with Crippen molar-refractivity contribution >= 4 is 5.97 Å². The van der Waals surface area contributed by atoms with Crippen molar-refractivity contribution in [3.63, 3.8) is 0 Å². The van der Waals surface area contributed by atoms with Gasteiger partial charge in [0.05, 0.1) is 25.4 Å². The average Bonchev–Trinajstić information content (AvgIpc) is 3.12. The maximum absolute atomic E-state index is 15.1. The number of esters is 1. The summed E-state index contributed by atoms with van der Waals surface area (Å²) in [7, 11) is 1.39. The number of rotatable bonds is 11. The molecule has 0 aromatic rings. The molecule has 0 spiro atoms. The first-order chi connectivity index (χ1) is 13.0. The minimum atomic E-state index is -0.968. The first kappa shape index (κ1) is 22.4. The maximum Gasteiger partial charge on any atom is 0.305 e. The summed E-state index contributed by atoms with van der Waals surface area (Å²) in [4.78, 5) is 11.2. The molecule has 1 saturated carbocycles. The summed E-state index contributed by atoms with van der Waals surface area (Å²) in [6.07, 6.45) is 9.59. The second kappa shape index (κ2) is 11.2. The van der Waals surface area contributed by atoms with E-state index in [2.05, 4.69) is 18.6 Å². The Bertz CT molecular complexity index is 481. The van der Waals surface area contributed by atoms with Crippen LogP contribution in [0.5, 0.6) is 0 Å². The number of unbranched alkanes of at least 4 members (excludes halogenated alkanes) is 3. The molecule has 2 fully saturated rings. The van der Waals surface area contributed by atoms with E-state index in [1.54, 1.807) is 0 Å². The Hall–Kier alpha value is -0.940. The van der Waals surface area contributed by atoms with Crippen molar-refractivity contribution in [1.82, 2.24) is 0 Å². The number of aliphatic hydroxyl groups excluding tert-OH is 1. The average molecular weight is 385 g/mol. The monoisotopic (exact) mass is 384 g/mol. The molecule has 2 rings (SSSR count). The highest BCUT2D eigenvalue weighted by molar-refractivity contribution is 5.68. The number of fused-ring (bicyclic) bond motifs is 1. The summed E-state index contributed by atoms with van der Waals surface area (Å²) < 4.78 is 25.7. The third kappa shape index (κ3) is 6.28. The van der Waals surface area contributed by atoms with Gasteiger partial charge >= 0.3 is 5.97 Å². The van der Waals surface area contributed by atoms with Gasteiger partial charge in [-0.1, -0.05) is 51.7 Å². The first-order valence-corrected chi connectivity index (χ1v) is 10.7. The van der Waals surface area contributed by atoms with E-state index in [0.717, 1.165) is 38.5 Å². The molecule has 4 nitrogen and oxygen atoms in total. The zero-order valence-electron chi connectivity index (χ0n) is 17.1. The summed E-state index contributed by atoms with van der Waals surface area (Å²) in [6, 6.07) is 0. The van der Waals surface area contributed by atoms with Gasteiger partial charge in [-0.25, -0.2) is 4.39 Å². The standard InChI is InChI=1S/C22H37FO4/c1-4-5-6-9-16(24)12-13-17-15(2)14-19-21(17)22(23)18(27-19)10-7-8-11-20(25)26-3/h12-13,15-19,21-22,24H,4-11,14H2,1-3H3/b13-12+/t15-,16+,17+,18?,19-,21-,22?/m1/s1. The van der Waals surface area contributed by atoms with Crippen LogP contribution in [-0.4, -0.2) is 42.7 Å². The Morgan fingerprint density at radius 3 is 2.81 bits per heavy atom. The third-order valence-electron chi connectivity index (χ3n) is 6.21. The predicted molar refractivity (Wildman–Crippen MR) is 104 cm³/mol.